The molecule has 1 aliphatic rings. The Bertz CT molecular complexity index is 1280. The van der Waals surface area contributed by atoms with Gasteiger partial charge in [0, 0.05) is 23.4 Å². The van der Waals surface area contributed by atoms with Crippen molar-refractivity contribution in [2.45, 2.75) is 23.8 Å². The van der Waals surface area contributed by atoms with Crippen molar-refractivity contribution in [1.29, 1.82) is 0 Å². The fraction of sp³-hybridized carbons (Fsp3) is 0.261. The summed E-state index contributed by atoms with van der Waals surface area (Å²) in [5, 5.41) is 1.47. The maximum atomic E-state index is 14.8. The maximum absolute atomic E-state index is 14.8. The van der Waals surface area contributed by atoms with E-state index in [2.05, 4.69) is 15.8 Å². The van der Waals surface area contributed by atoms with E-state index in [4.69, 9.17) is 26.8 Å². The molecule has 34 heavy (non-hydrogen) atoms. The molecule has 1 aliphatic carbocycles. The number of allylic oxidation sites excluding steroid dienone is 1. The molecule has 2 aromatic carbocycles. The molecule has 3 aromatic rings. The summed E-state index contributed by atoms with van der Waals surface area (Å²) in [7, 11) is -2.60. The van der Waals surface area contributed by atoms with Gasteiger partial charge in [-0.25, -0.2) is 17.8 Å². The van der Waals surface area contributed by atoms with E-state index in [0.717, 1.165) is 41.9 Å². The number of nitrogens with one attached hydrogen (secondary N) is 1. The van der Waals surface area contributed by atoms with Gasteiger partial charge in [0.25, 0.3) is 10.0 Å². The number of methoxy groups -OCH3 is 1. The molecule has 0 radical (unpaired) electrons. The molecule has 4 rings (SSSR count). The van der Waals surface area contributed by atoms with E-state index in [1.165, 1.54) is 22.2 Å². The molecule has 1 aromatic heterocycles. The smallest absolute Gasteiger partial charge is 0.266 e. The molecule has 0 saturated heterocycles. The summed E-state index contributed by atoms with van der Waals surface area (Å²) in [5.74, 6) is -0.251. The number of ether oxygens (including phenoxy) is 2. The Morgan fingerprint density at radius 3 is 2.74 bits per heavy atom. The Balaban J connectivity index is 1.53. The third-order valence-corrected chi connectivity index (χ3v) is 7.82. The van der Waals surface area contributed by atoms with Gasteiger partial charge in [-0.05, 0) is 42.2 Å². The fourth-order valence-corrected chi connectivity index (χ4v) is 5.73. The van der Waals surface area contributed by atoms with Gasteiger partial charge < -0.3 is 15.2 Å². The van der Waals surface area contributed by atoms with Gasteiger partial charge in [0.15, 0.2) is 5.82 Å². The largest absolute Gasteiger partial charge is 0.497 e. The number of sulfonamides is 1. The number of benzene rings is 2. The molecule has 2 unspecified atom stereocenters. The zero-order valence-electron chi connectivity index (χ0n) is 18.2. The lowest BCUT2D eigenvalue weighted by atomic mass is 9.81. The lowest BCUT2D eigenvalue weighted by Gasteiger charge is -2.30. The molecule has 1 heterocycles. The zero-order valence-corrected chi connectivity index (χ0v) is 20.6. The Labute approximate surface area is 206 Å². The van der Waals surface area contributed by atoms with Crippen LogP contribution in [0.5, 0.6) is 11.5 Å². The standard InChI is InChI=1S/C23H23ClFN3O4S2/c1-31-15-7-5-14(6-8-15)16-3-2-4-20(26)17(16)11-32-21-10-19(25)22(9-18(21)24)34(29,30)28-23-12-33-13-27-23/h3,5-10,12-13,17,20,28H,2,4,11,26H2,1H3. The van der Waals surface area contributed by atoms with Crippen molar-refractivity contribution >= 4 is 44.4 Å². The molecule has 0 fully saturated rings. The maximum Gasteiger partial charge on any atom is 0.266 e. The summed E-state index contributed by atoms with van der Waals surface area (Å²) < 4.78 is 53.2. The molecule has 0 spiro atoms. The predicted molar refractivity (Wildman–Crippen MR) is 131 cm³/mol. The number of hydrogen-bond acceptors (Lipinski definition) is 7. The third kappa shape index (κ3) is 5.35. The molecule has 0 bridgehead atoms. The minimum Gasteiger partial charge on any atom is -0.497 e. The highest BCUT2D eigenvalue weighted by Gasteiger charge is 2.28. The molecule has 3 N–H and O–H groups in total. The van der Waals surface area contributed by atoms with Gasteiger partial charge in [0.05, 0.1) is 24.2 Å². The number of rotatable bonds is 8. The van der Waals surface area contributed by atoms with Crippen molar-refractivity contribution in [1.82, 2.24) is 4.98 Å². The normalized spacial score (nSPS) is 18.3. The molecule has 180 valence electrons. The second-order valence-electron chi connectivity index (χ2n) is 7.74. The number of nitrogens with two attached hydrogens (primary N) is 1. The summed E-state index contributed by atoms with van der Waals surface area (Å²) in [6, 6.07) is 9.51. The SMILES string of the molecule is COc1ccc(C2=CCCC(N)C2COc2cc(F)c(S(=O)(=O)Nc3cscn3)cc2Cl)cc1. The first kappa shape index (κ1) is 24.5. The number of thiazole rings is 1. The van der Waals surface area contributed by atoms with Crippen LogP contribution in [-0.4, -0.2) is 33.2 Å². The summed E-state index contributed by atoms with van der Waals surface area (Å²) in [5.41, 5.74) is 9.89. The van der Waals surface area contributed by atoms with E-state index < -0.39 is 20.7 Å². The molecule has 7 nitrogen and oxygen atoms in total. The van der Waals surface area contributed by atoms with Gasteiger partial charge in [-0.3, -0.25) is 4.72 Å². The van der Waals surface area contributed by atoms with E-state index in [9.17, 15) is 12.8 Å². The Morgan fingerprint density at radius 2 is 2.06 bits per heavy atom. The summed E-state index contributed by atoms with van der Waals surface area (Å²) in [6.45, 7) is 0.154. The van der Waals surface area contributed by atoms with Crippen molar-refractivity contribution < 1.29 is 22.3 Å². The van der Waals surface area contributed by atoms with Crippen LogP contribution in [0.4, 0.5) is 10.2 Å². The van der Waals surface area contributed by atoms with Crippen LogP contribution in [0.15, 0.2) is 58.3 Å². The number of halogens is 2. The minimum absolute atomic E-state index is 0.0283. The second-order valence-corrected chi connectivity index (χ2v) is 10.5. The van der Waals surface area contributed by atoms with Crippen LogP contribution in [0.1, 0.15) is 18.4 Å². The summed E-state index contributed by atoms with van der Waals surface area (Å²) in [4.78, 5) is 3.26. The first-order valence-corrected chi connectivity index (χ1v) is 13.2. The van der Waals surface area contributed by atoms with Crippen LogP contribution >= 0.6 is 22.9 Å². The van der Waals surface area contributed by atoms with E-state index in [0.29, 0.717) is 0 Å². The van der Waals surface area contributed by atoms with Gasteiger partial charge in [-0.1, -0.05) is 29.8 Å². The summed E-state index contributed by atoms with van der Waals surface area (Å²) in [6.07, 6.45) is 3.75. The first-order valence-electron chi connectivity index (χ1n) is 10.4. The molecule has 11 heteroatoms. The predicted octanol–water partition coefficient (Wildman–Crippen LogP) is 4.94. The molecular formula is C23H23ClFN3O4S2. The van der Waals surface area contributed by atoms with E-state index in [1.807, 2.05) is 24.3 Å². The molecule has 0 amide bonds. The van der Waals surface area contributed by atoms with Crippen LogP contribution in [0.3, 0.4) is 0 Å². The number of hydrogen-bond donors (Lipinski definition) is 2. The molecule has 2 atom stereocenters. The van der Waals surface area contributed by atoms with Crippen LogP contribution < -0.4 is 19.9 Å². The van der Waals surface area contributed by atoms with Crippen LogP contribution in [-0.2, 0) is 10.0 Å². The van der Waals surface area contributed by atoms with Crippen molar-refractivity contribution in [2.75, 3.05) is 18.4 Å². The minimum atomic E-state index is -4.21. The molecule has 0 aliphatic heterocycles. The fourth-order valence-electron chi connectivity index (χ4n) is 3.81. The Morgan fingerprint density at radius 1 is 1.29 bits per heavy atom. The highest BCUT2D eigenvalue weighted by Crippen LogP contribution is 2.36. The molecule has 0 saturated carbocycles. The second kappa shape index (κ2) is 10.3. The van der Waals surface area contributed by atoms with Gasteiger partial charge in [-0.2, -0.15) is 0 Å². The zero-order chi connectivity index (χ0) is 24.3. The highest BCUT2D eigenvalue weighted by atomic mass is 35.5. The van der Waals surface area contributed by atoms with Crippen molar-refractivity contribution in [3.63, 3.8) is 0 Å². The Kier molecular flexibility index (Phi) is 7.42. The van der Waals surface area contributed by atoms with Crippen molar-refractivity contribution in [3.05, 3.63) is 69.8 Å². The van der Waals surface area contributed by atoms with Crippen LogP contribution in [0, 0.1) is 11.7 Å². The summed E-state index contributed by atoms with van der Waals surface area (Å²) >= 11 is 7.48. The van der Waals surface area contributed by atoms with Crippen molar-refractivity contribution in [3.8, 4) is 11.5 Å². The van der Waals surface area contributed by atoms with E-state index in [-0.39, 0.29) is 35.2 Å². The van der Waals surface area contributed by atoms with Gasteiger partial charge >= 0.3 is 0 Å². The number of nitrogens with zero attached hydrogens (tertiary/aromatic N) is 1. The van der Waals surface area contributed by atoms with Gasteiger partial charge in [-0.15, -0.1) is 11.3 Å². The van der Waals surface area contributed by atoms with E-state index >= 15 is 0 Å². The average molecular weight is 524 g/mol. The number of anilines is 1. The Hall–Kier alpha value is -2.66. The quantitative estimate of drug-likeness (QED) is 0.433. The average Bonchev–Trinajstić information content (AvgIpc) is 3.32. The van der Waals surface area contributed by atoms with Gasteiger partial charge in [0.1, 0.15) is 22.2 Å². The van der Waals surface area contributed by atoms with Crippen LogP contribution in [0.25, 0.3) is 5.57 Å². The van der Waals surface area contributed by atoms with Crippen molar-refractivity contribution in [2.24, 2.45) is 11.7 Å². The third-order valence-electron chi connectivity index (χ3n) is 5.57. The van der Waals surface area contributed by atoms with E-state index in [1.54, 1.807) is 7.11 Å². The lowest BCUT2D eigenvalue weighted by Crippen LogP contribution is -2.36. The van der Waals surface area contributed by atoms with Crippen LogP contribution in [0.2, 0.25) is 5.02 Å². The monoisotopic (exact) mass is 523 g/mol. The molecular weight excluding hydrogens is 501 g/mol. The number of aromatic nitrogens is 1. The first-order chi connectivity index (χ1) is 16.3. The highest BCUT2D eigenvalue weighted by molar-refractivity contribution is 7.92. The lowest BCUT2D eigenvalue weighted by molar-refractivity contribution is 0.252. The topological polar surface area (TPSA) is 104 Å². The van der Waals surface area contributed by atoms with Gasteiger partial charge in [0.2, 0.25) is 0 Å².